The molecule has 5 nitrogen and oxygen atoms in total. The van der Waals surface area contributed by atoms with Gasteiger partial charge in [0, 0.05) is 5.56 Å². The van der Waals surface area contributed by atoms with Crippen LogP contribution in [0, 0.1) is 0 Å². The van der Waals surface area contributed by atoms with E-state index in [2.05, 4.69) is 5.32 Å². The third-order valence-electron chi connectivity index (χ3n) is 4.71. The molecule has 1 saturated heterocycles. The number of fused-ring (bicyclic) bond motifs is 1. The molecule has 1 N–H and O–H groups in total. The number of nitrogens with zero attached hydrogens (tertiary/aromatic N) is 1. The molecule has 1 aliphatic heterocycles. The van der Waals surface area contributed by atoms with Crippen molar-refractivity contribution in [3.05, 3.63) is 75.8 Å². The minimum atomic E-state index is -0.608. The van der Waals surface area contributed by atoms with E-state index >= 15 is 0 Å². The second-order valence-electron chi connectivity index (χ2n) is 6.43. The number of hydrogen-bond donors (Lipinski definition) is 1. The van der Waals surface area contributed by atoms with Gasteiger partial charge in [-0.2, -0.15) is 0 Å². The van der Waals surface area contributed by atoms with Crippen LogP contribution in [0.3, 0.4) is 0 Å². The van der Waals surface area contributed by atoms with Crippen LogP contribution in [0.2, 0.25) is 10.0 Å². The van der Waals surface area contributed by atoms with Crippen molar-refractivity contribution in [2.24, 2.45) is 0 Å². The Morgan fingerprint density at radius 1 is 1.03 bits per heavy atom. The van der Waals surface area contributed by atoms with Crippen LogP contribution >= 0.6 is 35.4 Å². The van der Waals surface area contributed by atoms with Crippen molar-refractivity contribution >= 4 is 74.9 Å². The molecule has 0 aromatic heterocycles. The first kappa shape index (κ1) is 20.3. The molecular weight excluding hydrogens is 443 g/mol. The Bertz CT molecular complexity index is 1260. The summed E-state index contributed by atoms with van der Waals surface area (Å²) in [5.41, 5.74) is 0.795. The third kappa shape index (κ3) is 3.43. The van der Waals surface area contributed by atoms with Crippen molar-refractivity contribution in [3.8, 4) is 5.75 Å². The van der Waals surface area contributed by atoms with Gasteiger partial charge in [-0.3, -0.25) is 19.8 Å². The van der Waals surface area contributed by atoms with Gasteiger partial charge in [-0.15, -0.1) is 0 Å². The molecule has 0 radical (unpaired) electrons. The Morgan fingerprint density at radius 2 is 1.80 bits per heavy atom. The summed E-state index contributed by atoms with van der Waals surface area (Å²) in [4.78, 5) is 27.1. The molecule has 8 heteroatoms. The van der Waals surface area contributed by atoms with Crippen LogP contribution in [0.15, 0.2) is 60.2 Å². The number of nitrogens with one attached hydrogen (secondary N) is 1. The molecule has 1 heterocycles. The quantitative estimate of drug-likeness (QED) is 0.342. The summed E-state index contributed by atoms with van der Waals surface area (Å²) in [6.45, 7) is 0. The molecule has 150 valence electrons. The highest BCUT2D eigenvalue weighted by Gasteiger charge is 2.36. The highest BCUT2D eigenvalue weighted by Crippen LogP contribution is 2.35. The maximum Gasteiger partial charge on any atom is 0.270 e. The van der Waals surface area contributed by atoms with Crippen molar-refractivity contribution in [2.45, 2.75) is 0 Å². The molecule has 0 atom stereocenters. The van der Waals surface area contributed by atoms with Gasteiger partial charge < -0.3 is 4.74 Å². The van der Waals surface area contributed by atoms with Crippen LogP contribution in [-0.2, 0) is 9.59 Å². The van der Waals surface area contributed by atoms with Crippen molar-refractivity contribution in [3.63, 3.8) is 0 Å². The lowest BCUT2D eigenvalue weighted by molar-refractivity contribution is -0.122. The second-order valence-corrected chi connectivity index (χ2v) is 7.61. The van der Waals surface area contributed by atoms with Crippen molar-refractivity contribution in [2.75, 3.05) is 12.0 Å². The van der Waals surface area contributed by atoms with Crippen LogP contribution in [0.4, 0.5) is 5.69 Å². The average molecular weight is 457 g/mol. The summed E-state index contributed by atoms with van der Waals surface area (Å²) < 4.78 is 5.47. The number of rotatable bonds is 3. The van der Waals surface area contributed by atoms with Gasteiger partial charge in [-0.1, -0.05) is 59.6 Å². The lowest BCUT2D eigenvalue weighted by Gasteiger charge is -2.29. The SMILES string of the molecule is COc1ccc2ccccc2c1/C=C1/C(=O)NC(=S)N(c2cccc(Cl)c2Cl)C1=O. The van der Waals surface area contributed by atoms with Crippen molar-refractivity contribution in [1.82, 2.24) is 5.32 Å². The molecule has 0 spiro atoms. The predicted molar refractivity (Wildman–Crippen MR) is 123 cm³/mol. The normalized spacial score (nSPS) is 15.6. The van der Waals surface area contributed by atoms with E-state index in [1.165, 1.54) is 13.2 Å². The Kier molecular flexibility index (Phi) is 5.47. The first-order valence-corrected chi connectivity index (χ1v) is 10.00. The van der Waals surface area contributed by atoms with Crippen LogP contribution in [0.25, 0.3) is 16.8 Å². The fourth-order valence-electron chi connectivity index (χ4n) is 3.29. The summed E-state index contributed by atoms with van der Waals surface area (Å²) in [6.07, 6.45) is 1.51. The van der Waals surface area contributed by atoms with Gasteiger partial charge in [-0.05, 0) is 47.3 Å². The molecular formula is C22H14Cl2N2O3S. The zero-order valence-electron chi connectivity index (χ0n) is 15.6. The van der Waals surface area contributed by atoms with Crippen LogP contribution in [-0.4, -0.2) is 24.0 Å². The molecule has 1 fully saturated rings. The number of halogens is 2. The van der Waals surface area contributed by atoms with E-state index in [0.29, 0.717) is 11.3 Å². The summed E-state index contributed by atoms with van der Waals surface area (Å²) in [5.74, 6) is -0.681. The molecule has 30 heavy (non-hydrogen) atoms. The molecule has 0 saturated carbocycles. The van der Waals surface area contributed by atoms with E-state index in [9.17, 15) is 9.59 Å². The predicted octanol–water partition coefficient (Wildman–Crippen LogP) is 4.99. The van der Waals surface area contributed by atoms with Gasteiger partial charge in [0.1, 0.15) is 11.3 Å². The summed E-state index contributed by atoms with van der Waals surface area (Å²) in [6, 6.07) is 16.2. The van der Waals surface area contributed by atoms with Crippen LogP contribution < -0.4 is 15.0 Å². The van der Waals surface area contributed by atoms with E-state index < -0.39 is 11.8 Å². The number of amides is 2. The molecule has 3 aromatic carbocycles. The smallest absolute Gasteiger partial charge is 0.270 e. The maximum atomic E-state index is 13.3. The Morgan fingerprint density at radius 3 is 2.57 bits per heavy atom. The summed E-state index contributed by atoms with van der Waals surface area (Å²) in [5, 5.41) is 4.68. The molecule has 2 amide bonds. The monoisotopic (exact) mass is 456 g/mol. The molecule has 0 unspecified atom stereocenters. The fraction of sp³-hybridized carbons (Fsp3) is 0.0455. The standard InChI is InChI=1S/C22H14Cl2N2O3S/c1-29-18-10-9-12-5-2-3-6-13(12)14(18)11-15-20(27)25-22(30)26(21(15)28)17-8-4-7-16(23)19(17)24/h2-11H,1H3,(H,25,27,30)/b15-11-. The highest BCUT2D eigenvalue weighted by atomic mass is 35.5. The summed E-state index contributed by atoms with van der Waals surface area (Å²) >= 11 is 17.6. The van der Waals surface area contributed by atoms with Gasteiger partial charge in [0.25, 0.3) is 11.8 Å². The Hall–Kier alpha value is -2.93. The number of anilines is 1. The Labute approximate surface area is 187 Å². The number of benzene rings is 3. The topological polar surface area (TPSA) is 58.6 Å². The van der Waals surface area contributed by atoms with E-state index in [1.54, 1.807) is 24.3 Å². The van der Waals surface area contributed by atoms with Crippen LogP contribution in [0.1, 0.15) is 5.56 Å². The van der Waals surface area contributed by atoms with Crippen molar-refractivity contribution < 1.29 is 14.3 Å². The molecule has 0 aliphatic carbocycles. The fourth-order valence-corrected chi connectivity index (χ4v) is 3.94. The number of thiocarbonyl (C=S) groups is 1. The molecule has 1 aliphatic rings. The van der Waals surface area contributed by atoms with E-state index in [0.717, 1.165) is 15.7 Å². The van der Waals surface area contributed by atoms with Gasteiger partial charge in [-0.25, -0.2) is 0 Å². The Balaban J connectivity index is 1.89. The lowest BCUT2D eigenvalue weighted by atomic mass is 9.99. The molecule has 4 rings (SSSR count). The number of carbonyl (C=O) groups is 2. The van der Waals surface area contributed by atoms with Crippen LogP contribution in [0.5, 0.6) is 5.75 Å². The average Bonchev–Trinajstić information content (AvgIpc) is 2.73. The van der Waals surface area contributed by atoms with Gasteiger partial charge in [0.2, 0.25) is 0 Å². The molecule has 3 aromatic rings. The van der Waals surface area contributed by atoms with E-state index in [-0.39, 0.29) is 26.4 Å². The zero-order valence-corrected chi connectivity index (χ0v) is 17.9. The number of carbonyl (C=O) groups excluding carboxylic acids is 2. The zero-order chi connectivity index (χ0) is 21.4. The minimum absolute atomic E-state index is 0.0730. The number of hydrogen-bond acceptors (Lipinski definition) is 4. The van der Waals surface area contributed by atoms with Gasteiger partial charge in [0.15, 0.2) is 5.11 Å². The number of ether oxygens (including phenoxy) is 1. The lowest BCUT2D eigenvalue weighted by Crippen LogP contribution is -2.54. The summed E-state index contributed by atoms with van der Waals surface area (Å²) in [7, 11) is 1.53. The van der Waals surface area contributed by atoms with Gasteiger partial charge >= 0.3 is 0 Å². The minimum Gasteiger partial charge on any atom is -0.496 e. The first-order chi connectivity index (χ1) is 14.4. The first-order valence-electron chi connectivity index (χ1n) is 8.83. The van der Waals surface area contributed by atoms with Gasteiger partial charge in [0.05, 0.1) is 22.8 Å². The van der Waals surface area contributed by atoms with E-state index in [4.69, 9.17) is 40.2 Å². The van der Waals surface area contributed by atoms with Crippen molar-refractivity contribution in [1.29, 1.82) is 0 Å². The molecule has 0 bridgehead atoms. The van der Waals surface area contributed by atoms with E-state index in [1.807, 2.05) is 30.3 Å². The largest absolute Gasteiger partial charge is 0.496 e. The third-order valence-corrected chi connectivity index (χ3v) is 5.81. The highest BCUT2D eigenvalue weighted by molar-refractivity contribution is 7.80. The maximum absolute atomic E-state index is 13.3. The number of methoxy groups -OCH3 is 1. The second kappa shape index (κ2) is 8.07.